The van der Waals surface area contributed by atoms with Crippen molar-refractivity contribution in [2.75, 3.05) is 13.6 Å². The first kappa shape index (κ1) is 13.2. The molecule has 0 aliphatic rings. The molecule has 0 saturated heterocycles. The molecule has 0 aliphatic carbocycles. The van der Waals surface area contributed by atoms with Crippen molar-refractivity contribution < 1.29 is 4.79 Å². The van der Waals surface area contributed by atoms with Crippen LogP contribution in [0, 0.1) is 6.92 Å². The van der Waals surface area contributed by atoms with Crippen LogP contribution in [0.4, 0.5) is 0 Å². The zero-order valence-corrected chi connectivity index (χ0v) is 11.2. The maximum Gasteiger partial charge on any atom is 0.239 e. The van der Waals surface area contributed by atoms with Crippen LogP contribution >= 0.6 is 11.3 Å². The Balaban J connectivity index is 2.44. The SMILES string of the molecule is CCN(C)C(=O)C(C)NCc1sccc1C. The Morgan fingerprint density at radius 3 is 2.81 bits per heavy atom. The van der Waals surface area contributed by atoms with E-state index in [1.54, 1.807) is 16.2 Å². The zero-order valence-electron chi connectivity index (χ0n) is 10.4. The zero-order chi connectivity index (χ0) is 12.1. The van der Waals surface area contributed by atoms with Crippen LogP contribution in [0.2, 0.25) is 0 Å². The Hall–Kier alpha value is -0.870. The molecule has 16 heavy (non-hydrogen) atoms. The summed E-state index contributed by atoms with van der Waals surface area (Å²) in [7, 11) is 1.83. The molecule has 1 aromatic rings. The van der Waals surface area contributed by atoms with Crippen molar-refractivity contribution in [3.63, 3.8) is 0 Å². The molecule has 0 aromatic carbocycles. The van der Waals surface area contributed by atoms with E-state index in [4.69, 9.17) is 0 Å². The smallest absolute Gasteiger partial charge is 0.239 e. The highest BCUT2D eigenvalue weighted by Crippen LogP contribution is 2.15. The lowest BCUT2D eigenvalue weighted by Crippen LogP contribution is -2.42. The van der Waals surface area contributed by atoms with Crippen molar-refractivity contribution in [2.45, 2.75) is 33.4 Å². The molecule has 0 saturated carbocycles. The molecule has 0 fully saturated rings. The van der Waals surface area contributed by atoms with Gasteiger partial charge in [0.25, 0.3) is 0 Å². The summed E-state index contributed by atoms with van der Waals surface area (Å²) >= 11 is 1.73. The fraction of sp³-hybridized carbons (Fsp3) is 0.583. The van der Waals surface area contributed by atoms with Crippen LogP contribution in [0.3, 0.4) is 0 Å². The van der Waals surface area contributed by atoms with Crippen LogP contribution in [0.25, 0.3) is 0 Å². The van der Waals surface area contributed by atoms with Gasteiger partial charge in [0, 0.05) is 25.0 Å². The molecule has 0 radical (unpaired) electrons. The van der Waals surface area contributed by atoms with Gasteiger partial charge in [-0.1, -0.05) is 0 Å². The van der Waals surface area contributed by atoms with Crippen LogP contribution in [0.5, 0.6) is 0 Å². The predicted molar refractivity (Wildman–Crippen MR) is 68.7 cm³/mol. The van der Waals surface area contributed by atoms with Gasteiger partial charge in [-0.05, 0) is 37.8 Å². The van der Waals surface area contributed by atoms with E-state index in [0.29, 0.717) is 0 Å². The summed E-state index contributed by atoms with van der Waals surface area (Å²) in [4.78, 5) is 14.8. The lowest BCUT2D eigenvalue weighted by molar-refractivity contribution is -0.131. The van der Waals surface area contributed by atoms with Crippen LogP contribution in [0.15, 0.2) is 11.4 Å². The van der Waals surface area contributed by atoms with E-state index in [1.807, 2.05) is 20.9 Å². The Kier molecular flexibility index (Phi) is 4.96. The first-order valence-corrected chi connectivity index (χ1v) is 6.45. The molecule has 1 aromatic heterocycles. The number of thiophene rings is 1. The molecule has 4 heteroatoms. The maximum absolute atomic E-state index is 11.8. The largest absolute Gasteiger partial charge is 0.345 e. The van der Waals surface area contributed by atoms with Crippen molar-refractivity contribution in [3.05, 3.63) is 21.9 Å². The quantitative estimate of drug-likeness (QED) is 0.854. The van der Waals surface area contributed by atoms with E-state index >= 15 is 0 Å². The monoisotopic (exact) mass is 240 g/mol. The van der Waals surface area contributed by atoms with Crippen LogP contribution in [0.1, 0.15) is 24.3 Å². The summed E-state index contributed by atoms with van der Waals surface area (Å²) in [6.45, 7) is 7.51. The van der Waals surface area contributed by atoms with Crippen molar-refractivity contribution in [2.24, 2.45) is 0 Å². The number of aryl methyl sites for hydroxylation is 1. The van der Waals surface area contributed by atoms with Gasteiger partial charge in [-0.15, -0.1) is 11.3 Å². The first-order chi connectivity index (χ1) is 7.56. The first-order valence-electron chi connectivity index (χ1n) is 5.57. The lowest BCUT2D eigenvalue weighted by Gasteiger charge is -2.20. The van der Waals surface area contributed by atoms with Crippen LogP contribution in [-0.2, 0) is 11.3 Å². The molecule has 90 valence electrons. The number of carbonyl (C=O) groups excluding carboxylic acids is 1. The molecule has 1 heterocycles. The summed E-state index contributed by atoms with van der Waals surface area (Å²) in [6, 6.07) is 1.98. The minimum absolute atomic E-state index is 0.119. The van der Waals surface area contributed by atoms with Crippen molar-refractivity contribution >= 4 is 17.2 Å². The van der Waals surface area contributed by atoms with E-state index in [1.165, 1.54) is 10.4 Å². The Morgan fingerprint density at radius 1 is 1.62 bits per heavy atom. The van der Waals surface area contributed by atoms with Gasteiger partial charge < -0.3 is 10.2 Å². The molecular formula is C12H20N2OS. The highest BCUT2D eigenvalue weighted by molar-refractivity contribution is 7.10. The van der Waals surface area contributed by atoms with Crippen LogP contribution in [-0.4, -0.2) is 30.4 Å². The predicted octanol–water partition coefficient (Wildman–Crippen LogP) is 2.01. The van der Waals surface area contributed by atoms with Gasteiger partial charge in [-0.2, -0.15) is 0 Å². The third kappa shape index (κ3) is 3.32. The lowest BCUT2D eigenvalue weighted by atomic mass is 10.2. The number of rotatable bonds is 5. The van der Waals surface area contributed by atoms with Crippen molar-refractivity contribution in [3.8, 4) is 0 Å². The van der Waals surface area contributed by atoms with E-state index in [2.05, 4.69) is 23.7 Å². The second-order valence-corrected chi connectivity index (χ2v) is 4.98. The van der Waals surface area contributed by atoms with Gasteiger partial charge in [-0.25, -0.2) is 0 Å². The second kappa shape index (κ2) is 6.01. The molecule has 0 spiro atoms. The van der Waals surface area contributed by atoms with E-state index in [9.17, 15) is 4.79 Å². The fourth-order valence-electron chi connectivity index (χ4n) is 1.40. The summed E-state index contributed by atoms with van der Waals surface area (Å²) in [5, 5.41) is 5.34. The molecule has 0 bridgehead atoms. The van der Waals surface area contributed by atoms with E-state index in [0.717, 1.165) is 13.1 Å². The Bertz CT molecular complexity index is 349. The maximum atomic E-state index is 11.8. The average Bonchev–Trinajstić information content (AvgIpc) is 2.69. The number of likely N-dealkylation sites (N-methyl/N-ethyl adjacent to an activating group) is 1. The van der Waals surface area contributed by atoms with Gasteiger partial charge in [-0.3, -0.25) is 4.79 Å². The Labute approximate surface area is 101 Å². The summed E-state index contributed by atoms with van der Waals surface area (Å²) in [5.74, 6) is 0.150. The van der Waals surface area contributed by atoms with Gasteiger partial charge in [0.2, 0.25) is 5.91 Å². The number of amides is 1. The number of hydrogen-bond donors (Lipinski definition) is 1. The molecular weight excluding hydrogens is 220 g/mol. The summed E-state index contributed by atoms with van der Waals surface area (Å²) in [5.41, 5.74) is 1.29. The minimum Gasteiger partial charge on any atom is -0.345 e. The molecule has 1 N–H and O–H groups in total. The molecule has 1 amide bonds. The molecule has 3 nitrogen and oxygen atoms in total. The third-order valence-electron chi connectivity index (χ3n) is 2.76. The topological polar surface area (TPSA) is 32.3 Å². The normalized spacial score (nSPS) is 12.5. The van der Waals surface area contributed by atoms with E-state index < -0.39 is 0 Å². The summed E-state index contributed by atoms with van der Waals surface area (Å²) in [6.07, 6.45) is 0. The number of nitrogens with one attached hydrogen (secondary N) is 1. The molecule has 1 atom stereocenters. The van der Waals surface area contributed by atoms with Crippen molar-refractivity contribution in [1.82, 2.24) is 10.2 Å². The highest BCUT2D eigenvalue weighted by Gasteiger charge is 2.15. The number of hydrogen-bond acceptors (Lipinski definition) is 3. The van der Waals surface area contributed by atoms with Crippen molar-refractivity contribution in [1.29, 1.82) is 0 Å². The minimum atomic E-state index is -0.119. The number of nitrogens with zero attached hydrogens (tertiary/aromatic N) is 1. The highest BCUT2D eigenvalue weighted by atomic mass is 32.1. The van der Waals surface area contributed by atoms with Gasteiger partial charge in [0.15, 0.2) is 0 Å². The molecule has 1 rings (SSSR count). The van der Waals surface area contributed by atoms with Gasteiger partial charge in [0.1, 0.15) is 0 Å². The average molecular weight is 240 g/mol. The standard InChI is InChI=1S/C12H20N2OS/c1-5-14(4)12(15)10(3)13-8-11-9(2)6-7-16-11/h6-7,10,13H,5,8H2,1-4H3. The van der Waals surface area contributed by atoms with Gasteiger partial charge >= 0.3 is 0 Å². The van der Waals surface area contributed by atoms with Gasteiger partial charge in [0.05, 0.1) is 6.04 Å². The second-order valence-electron chi connectivity index (χ2n) is 3.98. The van der Waals surface area contributed by atoms with E-state index in [-0.39, 0.29) is 11.9 Å². The van der Waals surface area contributed by atoms with Crippen LogP contribution < -0.4 is 5.32 Å². The Morgan fingerprint density at radius 2 is 2.31 bits per heavy atom. The molecule has 1 unspecified atom stereocenters. The fourth-order valence-corrected chi connectivity index (χ4v) is 2.26. The molecule has 0 aliphatic heterocycles. The summed E-state index contributed by atoms with van der Waals surface area (Å²) < 4.78 is 0. The number of carbonyl (C=O) groups is 1. The third-order valence-corrected chi connectivity index (χ3v) is 3.78.